The van der Waals surface area contributed by atoms with Crippen LogP contribution in [0.1, 0.15) is 22.7 Å². The highest BCUT2D eigenvalue weighted by Crippen LogP contribution is 2.45. The second kappa shape index (κ2) is 10.5. The van der Waals surface area contributed by atoms with Crippen molar-refractivity contribution in [3.63, 3.8) is 0 Å². The van der Waals surface area contributed by atoms with E-state index in [-0.39, 0.29) is 21.8 Å². The topological polar surface area (TPSA) is 102 Å². The average molecular weight is 562 g/mol. The fraction of sp³-hybridized carbons (Fsp3) is 0.143. The summed E-state index contributed by atoms with van der Waals surface area (Å²) >= 11 is 2.55. The van der Waals surface area contributed by atoms with E-state index >= 15 is 4.39 Å². The molecular weight excluding hydrogens is 541 g/mol. The molecule has 8 nitrogen and oxygen atoms in total. The van der Waals surface area contributed by atoms with E-state index in [4.69, 9.17) is 9.47 Å². The van der Waals surface area contributed by atoms with Gasteiger partial charge < -0.3 is 14.6 Å². The van der Waals surface area contributed by atoms with Crippen molar-refractivity contribution in [3.8, 4) is 11.5 Å². The molecule has 1 atom stereocenters. The number of benzene rings is 3. The van der Waals surface area contributed by atoms with Crippen LogP contribution in [0, 0.1) is 5.82 Å². The van der Waals surface area contributed by atoms with Crippen LogP contribution in [0.25, 0.3) is 5.76 Å². The zero-order valence-electron chi connectivity index (χ0n) is 20.2. The molecule has 39 heavy (non-hydrogen) atoms. The molecule has 0 bridgehead atoms. The van der Waals surface area contributed by atoms with E-state index in [2.05, 4.69) is 10.2 Å². The number of rotatable bonds is 6. The third-order valence-electron chi connectivity index (χ3n) is 6.27. The summed E-state index contributed by atoms with van der Waals surface area (Å²) in [4.78, 5) is 27.8. The predicted octanol–water partition coefficient (Wildman–Crippen LogP) is 5.37. The molecule has 0 spiro atoms. The van der Waals surface area contributed by atoms with Gasteiger partial charge in [0, 0.05) is 16.9 Å². The van der Waals surface area contributed by atoms with Crippen molar-refractivity contribution in [2.75, 3.05) is 18.1 Å². The number of carbonyl (C=O) groups is 2. The summed E-state index contributed by atoms with van der Waals surface area (Å²) < 4.78 is 26.9. The van der Waals surface area contributed by atoms with Gasteiger partial charge in [-0.05, 0) is 29.8 Å². The molecule has 1 amide bonds. The SMILES string of the molecule is O=C1C(=O)N(c2nnc(SCc3ccccc3)s2)[C@@H](c2ccccc2F)/C1=C(\O)c1ccc2c(c1)OCCO2. The molecule has 0 saturated carbocycles. The normalized spacial score (nSPS) is 18.0. The maximum absolute atomic E-state index is 15.1. The van der Waals surface area contributed by atoms with Gasteiger partial charge in [0.2, 0.25) is 5.13 Å². The Morgan fingerprint density at radius 3 is 2.54 bits per heavy atom. The van der Waals surface area contributed by atoms with Crippen LogP contribution in [0.3, 0.4) is 0 Å². The number of nitrogens with zero attached hydrogens (tertiary/aromatic N) is 3. The average Bonchev–Trinajstić information content (AvgIpc) is 3.54. The number of halogens is 1. The lowest BCUT2D eigenvalue weighted by molar-refractivity contribution is -0.132. The maximum atomic E-state index is 15.1. The molecule has 2 aliphatic heterocycles. The van der Waals surface area contributed by atoms with E-state index in [9.17, 15) is 14.7 Å². The Kier molecular flexibility index (Phi) is 6.76. The number of thioether (sulfide) groups is 1. The summed E-state index contributed by atoms with van der Waals surface area (Å²) in [5.74, 6) is -1.45. The van der Waals surface area contributed by atoms with Crippen molar-refractivity contribution in [2.45, 2.75) is 16.1 Å². The van der Waals surface area contributed by atoms with Gasteiger partial charge in [0.15, 0.2) is 15.8 Å². The number of aliphatic hydroxyl groups is 1. The first-order chi connectivity index (χ1) is 19.0. The minimum atomic E-state index is -1.25. The van der Waals surface area contributed by atoms with Crippen molar-refractivity contribution in [1.82, 2.24) is 10.2 Å². The van der Waals surface area contributed by atoms with Crippen LogP contribution in [0.2, 0.25) is 0 Å². The number of fused-ring (bicyclic) bond motifs is 1. The monoisotopic (exact) mass is 561 g/mol. The van der Waals surface area contributed by atoms with Crippen LogP contribution in [0.5, 0.6) is 11.5 Å². The van der Waals surface area contributed by atoms with Crippen molar-refractivity contribution < 1.29 is 28.6 Å². The number of anilines is 1. The van der Waals surface area contributed by atoms with E-state index < -0.39 is 29.3 Å². The second-order valence-electron chi connectivity index (χ2n) is 8.67. The smallest absolute Gasteiger partial charge is 0.301 e. The highest BCUT2D eigenvalue weighted by Gasteiger charge is 2.49. The van der Waals surface area contributed by atoms with Crippen LogP contribution < -0.4 is 14.4 Å². The first-order valence-corrected chi connectivity index (χ1v) is 13.8. The molecule has 0 unspecified atom stereocenters. The van der Waals surface area contributed by atoms with Gasteiger partial charge in [0.25, 0.3) is 5.78 Å². The van der Waals surface area contributed by atoms with E-state index in [0.717, 1.165) is 21.8 Å². The predicted molar refractivity (Wildman–Crippen MR) is 145 cm³/mol. The van der Waals surface area contributed by atoms with Gasteiger partial charge in [-0.15, -0.1) is 10.2 Å². The number of amides is 1. The quantitative estimate of drug-likeness (QED) is 0.110. The lowest BCUT2D eigenvalue weighted by Gasteiger charge is -2.23. The molecule has 3 heterocycles. The Hall–Kier alpha value is -4.22. The number of ether oxygens (including phenoxy) is 2. The molecule has 6 rings (SSSR count). The molecule has 11 heteroatoms. The van der Waals surface area contributed by atoms with Gasteiger partial charge in [-0.25, -0.2) is 4.39 Å². The van der Waals surface area contributed by atoms with Crippen LogP contribution in [0.15, 0.2) is 82.7 Å². The maximum Gasteiger partial charge on any atom is 0.301 e. The Balaban J connectivity index is 1.41. The van der Waals surface area contributed by atoms with Crippen molar-refractivity contribution in [2.24, 2.45) is 0 Å². The summed E-state index contributed by atoms with van der Waals surface area (Å²) in [7, 11) is 0. The lowest BCUT2D eigenvalue weighted by Crippen LogP contribution is -2.29. The Bertz CT molecular complexity index is 1610. The third-order valence-corrected chi connectivity index (χ3v) is 8.39. The highest BCUT2D eigenvalue weighted by atomic mass is 32.2. The summed E-state index contributed by atoms with van der Waals surface area (Å²) in [6, 6.07) is 19.1. The number of hydrogen-bond acceptors (Lipinski definition) is 9. The van der Waals surface area contributed by atoms with Gasteiger partial charge in [-0.3, -0.25) is 14.5 Å². The number of hydrogen-bond donors (Lipinski definition) is 1. The summed E-state index contributed by atoms with van der Waals surface area (Å²) in [5.41, 5.74) is 1.11. The molecular formula is C28H20FN3O5S2. The van der Waals surface area contributed by atoms with Crippen LogP contribution in [0.4, 0.5) is 9.52 Å². The Morgan fingerprint density at radius 2 is 1.74 bits per heavy atom. The molecule has 0 radical (unpaired) electrons. The van der Waals surface area contributed by atoms with E-state index in [1.54, 1.807) is 18.2 Å². The highest BCUT2D eigenvalue weighted by molar-refractivity contribution is 8.00. The van der Waals surface area contributed by atoms with Crippen molar-refractivity contribution in [3.05, 3.63) is 101 Å². The second-order valence-corrected chi connectivity index (χ2v) is 10.9. The lowest BCUT2D eigenvalue weighted by atomic mass is 9.95. The zero-order valence-corrected chi connectivity index (χ0v) is 21.9. The Morgan fingerprint density at radius 1 is 1.00 bits per heavy atom. The first-order valence-electron chi connectivity index (χ1n) is 12.0. The summed E-state index contributed by atoms with van der Waals surface area (Å²) in [6.45, 7) is 0.725. The van der Waals surface area contributed by atoms with Gasteiger partial charge in [0.05, 0.1) is 5.57 Å². The molecule has 2 aliphatic rings. The standard InChI is InChI=1S/C28H20FN3O5S2/c29-19-9-5-4-8-18(19)23-22(24(33)17-10-11-20-21(14-17)37-13-12-36-20)25(34)26(35)32(23)27-30-31-28(39-27)38-15-16-6-2-1-3-7-16/h1-11,14,23,33H,12-13,15H2/b24-22+/t23-/m0/s1. The molecule has 1 N–H and O–H groups in total. The zero-order chi connectivity index (χ0) is 26.9. The fourth-order valence-electron chi connectivity index (χ4n) is 4.44. The molecule has 3 aromatic carbocycles. The van der Waals surface area contributed by atoms with Crippen molar-refractivity contribution >= 4 is 45.7 Å². The van der Waals surface area contributed by atoms with Crippen LogP contribution >= 0.6 is 23.1 Å². The van der Waals surface area contributed by atoms with Crippen molar-refractivity contribution in [1.29, 1.82) is 0 Å². The fourth-order valence-corrected chi connectivity index (χ4v) is 6.27. The van der Waals surface area contributed by atoms with Gasteiger partial charge in [-0.1, -0.05) is 71.6 Å². The molecule has 1 aromatic heterocycles. The van der Waals surface area contributed by atoms with Gasteiger partial charge in [0.1, 0.15) is 30.8 Å². The number of aromatic nitrogens is 2. The number of aliphatic hydroxyl groups excluding tert-OH is 1. The van der Waals surface area contributed by atoms with Crippen LogP contribution in [-0.4, -0.2) is 40.2 Å². The summed E-state index contributed by atoms with van der Waals surface area (Å²) in [6.07, 6.45) is 0. The minimum Gasteiger partial charge on any atom is -0.507 e. The minimum absolute atomic E-state index is 0.0458. The Labute approximate surface area is 230 Å². The van der Waals surface area contributed by atoms with E-state index in [1.165, 1.54) is 36.0 Å². The summed E-state index contributed by atoms with van der Waals surface area (Å²) in [5, 5.41) is 19.8. The number of Topliss-reactive ketones (excluding diaryl/α,β-unsaturated/α-hetero) is 1. The molecule has 0 aliphatic carbocycles. The van der Waals surface area contributed by atoms with Gasteiger partial charge in [-0.2, -0.15) is 0 Å². The van der Waals surface area contributed by atoms with Gasteiger partial charge >= 0.3 is 5.91 Å². The molecule has 4 aromatic rings. The van der Waals surface area contributed by atoms with E-state index in [1.807, 2.05) is 30.3 Å². The molecule has 196 valence electrons. The molecule has 1 fully saturated rings. The largest absolute Gasteiger partial charge is 0.507 e. The number of carbonyl (C=O) groups excluding carboxylic acids is 2. The van der Waals surface area contributed by atoms with Crippen LogP contribution in [-0.2, 0) is 15.3 Å². The molecule has 1 saturated heterocycles. The first kappa shape index (κ1) is 25.1. The number of ketones is 1. The third kappa shape index (κ3) is 4.75. The van der Waals surface area contributed by atoms with E-state index in [0.29, 0.717) is 34.8 Å².